The van der Waals surface area contributed by atoms with Crippen molar-refractivity contribution in [1.29, 1.82) is 0 Å². The van der Waals surface area contributed by atoms with Gasteiger partial charge in [-0.1, -0.05) is 12.1 Å². The molecule has 0 saturated carbocycles. The third kappa shape index (κ3) is 4.99. The number of nitrogens with one attached hydrogen (secondary N) is 2. The summed E-state index contributed by atoms with van der Waals surface area (Å²) in [6.45, 7) is 2.20. The van der Waals surface area contributed by atoms with Gasteiger partial charge in [0.15, 0.2) is 16.7 Å². The molecule has 4 rings (SSSR count). The molecule has 1 saturated heterocycles. The summed E-state index contributed by atoms with van der Waals surface area (Å²) >= 11 is 1.64. The number of halogens is 1. The molecule has 0 amide bonds. The molecule has 1 atom stereocenters. The minimum absolute atomic E-state index is 0. The minimum atomic E-state index is 0. The largest absolute Gasteiger partial charge is 0.457 e. The van der Waals surface area contributed by atoms with Crippen molar-refractivity contribution in [3.63, 3.8) is 0 Å². The number of rotatable bonds is 5. The molecular weight excluding hydrogens is 475 g/mol. The first kappa shape index (κ1) is 20.1. The molecule has 0 aliphatic carbocycles. The number of fused-ring (bicyclic) bond motifs is 1. The van der Waals surface area contributed by atoms with Crippen molar-refractivity contribution < 1.29 is 9.15 Å². The van der Waals surface area contributed by atoms with Gasteiger partial charge in [-0.2, -0.15) is 0 Å². The molecule has 3 heterocycles. The number of furan rings is 1. The zero-order valence-electron chi connectivity index (χ0n) is 15.1. The van der Waals surface area contributed by atoms with Crippen LogP contribution in [0.5, 0.6) is 0 Å². The second-order valence-electron chi connectivity index (χ2n) is 6.19. The summed E-state index contributed by atoms with van der Waals surface area (Å²) in [4.78, 5) is 8.88. The maximum atomic E-state index is 5.95. The van der Waals surface area contributed by atoms with Crippen molar-refractivity contribution >= 4 is 51.5 Å². The fourth-order valence-electron chi connectivity index (χ4n) is 2.97. The van der Waals surface area contributed by atoms with Crippen LogP contribution in [0.25, 0.3) is 21.0 Å². The topological polar surface area (TPSA) is 71.7 Å². The fourth-order valence-corrected chi connectivity index (χ4v) is 3.90. The Bertz CT molecular complexity index is 869. The number of ether oxygens (including phenoxy) is 1. The Hall–Kier alpha value is -1.65. The van der Waals surface area contributed by atoms with Crippen LogP contribution in [0.15, 0.2) is 45.8 Å². The van der Waals surface area contributed by atoms with E-state index in [4.69, 9.17) is 9.15 Å². The SMILES string of the molecule is CN=C(NCc1ccc(-c2nc3ccccc3s2)o1)NCC1CCCO1.I. The van der Waals surface area contributed by atoms with Crippen LogP contribution in [0, 0.1) is 0 Å². The lowest BCUT2D eigenvalue weighted by molar-refractivity contribution is 0.114. The molecule has 0 bridgehead atoms. The Labute approximate surface area is 179 Å². The fraction of sp³-hybridized carbons (Fsp3) is 0.368. The molecule has 1 aromatic carbocycles. The number of para-hydroxylation sites is 1. The summed E-state index contributed by atoms with van der Waals surface area (Å²) in [5, 5.41) is 7.47. The average Bonchev–Trinajstić information content (AvgIpc) is 3.41. The summed E-state index contributed by atoms with van der Waals surface area (Å²) in [5.41, 5.74) is 1.00. The molecule has 2 N–H and O–H groups in total. The highest BCUT2D eigenvalue weighted by molar-refractivity contribution is 14.0. The Morgan fingerprint density at radius 1 is 1.26 bits per heavy atom. The van der Waals surface area contributed by atoms with Gasteiger partial charge in [-0.15, -0.1) is 35.3 Å². The lowest BCUT2D eigenvalue weighted by Gasteiger charge is -2.14. The summed E-state index contributed by atoms with van der Waals surface area (Å²) in [6, 6.07) is 12.1. The van der Waals surface area contributed by atoms with Gasteiger partial charge < -0.3 is 19.8 Å². The number of thiazole rings is 1. The number of nitrogens with zero attached hydrogens (tertiary/aromatic N) is 2. The molecule has 1 fully saturated rings. The Kier molecular flexibility index (Phi) is 7.08. The molecule has 6 nitrogen and oxygen atoms in total. The monoisotopic (exact) mass is 498 g/mol. The predicted molar refractivity (Wildman–Crippen MR) is 120 cm³/mol. The van der Waals surface area contributed by atoms with Crippen LogP contribution in [-0.2, 0) is 11.3 Å². The van der Waals surface area contributed by atoms with Crippen LogP contribution in [-0.4, -0.2) is 37.2 Å². The van der Waals surface area contributed by atoms with E-state index < -0.39 is 0 Å². The number of hydrogen-bond acceptors (Lipinski definition) is 5. The van der Waals surface area contributed by atoms with Crippen LogP contribution < -0.4 is 10.6 Å². The third-order valence-corrected chi connectivity index (χ3v) is 5.39. The van der Waals surface area contributed by atoms with E-state index in [1.165, 1.54) is 0 Å². The lowest BCUT2D eigenvalue weighted by Crippen LogP contribution is -2.40. The van der Waals surface area contributed by atoms with Gasteiger partial charge in [-0.3, -0.25) is 4.99 Å². The first-order valence-electron chi connectivity index (χ1n) is 8.82. The van der Waals surface area contributed by atoms with Gasteiger partial charge in [0.05, 0.1) is 22.9 Å². The second kappa shape index (κ2) is 9.52. The maximum absolute atomic E-state index is 5.95. The average molecular weight is 498 g/mol. The van der Waals surface area contributed by atoms with Crippen molar-refractivity contribution in [2.24, 2.45) is 4.99 Å². The predicted octanol–water partition coefficient (Wildman–Crippen LogP) is 4.02. The van der Waals surface area contributed by atoms with Gasteiger partial charge in [-0.05, 0) is 37.1 Å². The van der Waals surface area contributed by atoms with Crippen LogP contribution >= 0.6 is 35.3 Å². The molecule has 144 valence electrons. The molecule has 0 radical (unpaired) electrons. The van der Waals surface area contributed by atoms with E-state index in [-0.39, 0.29) is 30.1 Å². The Balaban J connectivity index is 0.00000210. The Morgan fingerprint density at radius 2 is 2.15 bits per heavy atom. The van der Waals surface area contributed by atoms with Crippen molar-refractivity contribution in [1.82, 2.24) is 15.6 Å². The second-order valence-corrected chi connectivity index (χ2v) is 7.23. The summed E-state index contributed by atoms with van der Waals surface area (Å²) < 4.78 is 12.7. The van der Waals surface area contributed by atoms with Crippen LogP contribution in [0.1, 0.15) is 18.6 Å². The Morgan fingerprint density at radius 3 is 2.93 bits per heavy atom. The molecule has 8 heteroatoms. The number of guanidine groups is 1. The highest BCUT2D eigenvalue weighted by atomic mass is 127. The zero-order chi connectivity index (χ0) is 17.8. The highest BCUT2D eigenvalue weighted by Gasteiger charge is 2.15. The number of aliphatic imine (C=N–C) groups is 1. The number of hydrogen-bond donors (Lipinski definition) is 2. The van der Waals surface area contributed by atoms with E-state index in [1.807, 2.05) is 30.3 Å². The zero-order valence-corrected chi connectivity index (χ0v) is 18.3. The van der Waals surface area contributed by atoms with Gasteiger partial charge in [-0.25, -0.2) is 4.98 Å². The highest BCUT2D eigenvalue weighted by Crippen LogP contribution is 2.31. The van der Waals surface area contributed by atoms with E-state index in [9.17, 15) is 0 Å². The standard InChI is InChI=1S/C19H22N4O2S.HI/c1-20-19(21-11-13-5-4-10-24-13)22-12-14-8-9-16(25-14)18-23-15-6-2-3-7-17(15)26-18;/h2-3,6-9,13H,4-5,10-12H2,1H3,(H2,20,21,22);1H. The van der Waals surface area contributed by atoms with Gasteiger partial charge in [0.25, 0.3) is 0 Å². The number of aromatic nitrogens is 1. The maximum Gasteiger partial charge on any atom is 0.191 e. The molecule has 3 aromatic rings. The summed E-state index contributed by atoms with van der Waals surface area (Å²) in [7, 11) is 1.76. The van der Waals surface area contributed by atoms with E-state index >= 15 is 0 Å². The first-order chi connectivity index (χ1) is 12.8. The molecule has 27 heavy (non-hydrogen) atoms. The van der Waals surface area contributed by atoms with Gasteiger partial charge in [0, 0.05) is 20.2 Å². The molecule has 1 aliphatic rings. The van der Waals surface area contributed by atoms with Gasteiger partial charge >= 0.3 is 0 Å². The molecule has 1 unspecified atom stereocenters. The van der Waals surface area contributed by atoms with Crippen LogP contribution in [0.3, 0.4) is 0 Å². The summed E-state index contributed by atoms with van der Waals surface area (Å²) in [5.74, 6) is 2.39. The van der Waals surface area contributed by atoms with E-state index in [0.29, 0.717) is 6.54 Å². The van der Waals surface area contributed by atoms with E-state index in [0.717, 1.165) is 58.7 Å². The van der Waals surface area contributed by atoms with Crippen molar-refractivity contribution in [2.75, 3.05) is 20.2 Å². The molecule has 2 aromatic heterocycles. The smallest absolute Gasteiger partial charge is 0.191 e. The van der Waals surface area contributed by atoms with Crippen LogP contribution in [0.2, 0.25) is 0 Å². The van der Waals surface area contributed by atoms with Gasteiger partial charge in [0.1, 0.15) is 5.76 Å². The normalized spacial score (nSPS) is 17.1. The van der Waals surface area contributed by atoms with Crippen molar-refractivity contribution in [2.45, 2.75) is 25.5 Å². The molecule has 1 aliphatic heterocycles. The van der Waals surface area contributed by atoms with Gasteiger partial charge in [0.2, 0.25) is 0 Å². The molecule has 0 spiro atoms. The van der Waals surface area contributed by atoms with Crippen molar-refractivity contribution in [3.05, 3.63) is 42.2 Å². The summed E-state index contributed by atoms with van der Waals surface area (Å²) in [6.07, 6.45) is 2.52. The van der Waals surface area contributed by atoms with Crippen molar-refractivity contribution in [3.8, 4) is 10.8 Å². The van der Waals surface area contributed by atoms with Crippen LogP contribution in [0.4, 0.5) is 0 Å². The van der Waals surface area contributed by atoms with E-state index in [1.54, 1.807) is 18.4 Å². The molecular formula is C19H23IN4O2S. The lowest BCUT2D eigenvalue weighted by atomic mass is 10.2. The minimum Gasteiger partial charge on any atom is -0.457 e. The number of benzene rings is 1. The quantitative estimate of drug-likeness (QED) is 0.316. The first-order valence-corrected chi connectivity index (χ1v) is 9.64. The third-order valence-electron chi connectivity index (χ3n) is 4.34. The van der Waals surface area contributed by atoms with E-state index in [2.05, 4.69) is 26.7 Å².